The van der Waals surface area contributed by atoms with E-state index in [-0.39, 0.29) is 23.8 Å². The lowest BCUT2D eigenvalue weighted by atomic mass is 9.88. The minimum absolute atomic E-state index is 0.0516. The molecule has 0 saturated heterocycles. The van der Waals surface area contributed by atoms with E-state index in [4.69, 9.17) is 5.11 Å². The molecule has 0 bridgehead atoms. The van der Waals surface area contributed by atoms with Gasteiger partial charge in [-0.3, -0.25) is 14.7 Å². The maximum absolute atomic E-state index is 12.7. The average Bonchev–Trinajstić information content (AvgIpc) is 2.74. The summed E-state index contributed by atoms with van der Waals surface area (Å²) in [5.74, 6) is -0.900. The topological polar surface area (TPSA) is 75.1 Å². The summed E-state index contributed by atoms with van der Waals surface area (Å²) in [6.07, 6.45) is 0.181. The highest BCUT2D eigenvalue weighted by Gasteiger charge is 2.25. The van der Waals surface area contributed by atoms with E-state index < -0.39 is 5.97 Å². The molecule has 1 aromatic carbocycles. The summed E-state index contributed by atoms with van der Waals surface area (Å²) in [5, 5.41) is 12.1. The van der Waals surface area contributed by atoms with Gasteiger partial charge in [-0.1, -0.05) is 39.0 Å². The van der Waals surface area contributed by atoms with Gasteiger partial charge in [0.25, 0.3) is 5.56 Å². The molecule has 0 fully saturated rings. The second-order valence-electron chi connectivity index (χ2n) is 6.54. The van der Waals surface area contributed by atoms with Crippen LogP contribution in [0.3, 0.4) is 0 Å². The zero-order valence-electron chi connectivity index (χ0n) is 13.4. The first kappa shape index (κ1) is 16.1. The van der Waals surface area contributed by atoms with Crippen LogP contribution in [0.2, 0.25) is 0 Å². The van der Waals surface area contributed by atoms with Crippen LogP contribution in [0.4, 0.5) is 0 Å². The molecule has 2 aromatic rings. The molecule has 0 amide bonds. The normalized spacial score (nSPS) is 11.6. The van der Waals surface area contributed by atoms with E-state index in [1.54, 1.807) is 0 Å². The van der Waals surface area contributed by atoms with Crippen molar-refractivity contribution < 1.29 is 9.90 Å². The number of aryl methyl sites for hydroxylation is 1. The van der Waals surface area contributed by atoms with Crippen LogP contribution in [-0.2, 0) is 16.6 Å². The highest BCUT2D eigenvalue weighted by molar-refractivity contribution is 5.67. The second kappa shape index (κ2) is 5.83. The van der Waals surface area contributed by atoms with E-state index in [0.29, 0.717) is 5.56 Å². The Morgan fingerprint density at radius 1 is 1.27 bits per heavy atom. The molecule has 5 nitrogen and oxygen atoms in total. The fourth-order valence-electron chi connectivity index (χ4n) is 2.54. The number of hydrogen-bond acceptors (Lipinski definition) is 2. The number of H-pyrrole nitrogens is 1. The Morgan fingerprint density at radius 2 is 1.91 bits per heavy atom. The summed E-state index contributed by atoms with van der Waals surface area (Å²) in [5.41, 5.74) is 2.69. The van der Waals surface area contributed by atoms with Gasteiger partial charge in [-0.25, -0.2) is 4.68 Å². The van der Waals surface area contributed by atoms with E-state index in [0.717, 1.165) is 16.9 Å². The fraction of sp³-hybridized carbons (Fsp3) is 0.412. The first-order valence-electron chi connectivity index (χ1n) is 7.34. The molecule has 22 heavy (non-hydrogen) atoms. The molecule has 1 aromatic heterocycles. The number of aromatic nitrogens is 2. The number of para-hydroxylation sites is 1. The van der Waals surface area contributed by atoms with Gasteiger partial charge >= 0.3 is 5.97 Å². The molecule has 0 radical (unpaired) electrons. The number of nitrogens with one attached hydrogen (secondary N) is 1. The summed E-state index contributed by atoms with van der Waals surface area (Å²) in [6.45, 7) is 7.95. The van der Waals surface area contributed by atoms with Crippen molar-refractivity contribution in [1.29, 1.82) is 0 Å². The maximum atomic E-state index is 12.7. The third kappa shape index (κ3) is 3.13. The van der Waals surface area contributed by atoms with Crippen molar-refractivity contribution in [3.8, 4) is 5.69 Å². The van der Waals surface area contributed by atoms with Crippen molar-refractivity contribution in [1.82, 2.24) is 9.78 Å². The van der Waals surface area contributed by atoms with Gasteiger partial charge < -0.3 is 5.11 Å². The van der Waals surface area contributed by atoms with Gasteiger partial charge in [0.1, 0.15) is 0 Å². The molecular formula is C17H22N2O3. The molecule has 0 aliphatic heterocycles. The zero-order valence-corrected chi connectivity index (χ0v) is 13.4. The molecule has 0 atom stereocenters. The number of carbonyl (C=O) groups is 1. The van der Waals surface area contributed by atoms with Crippen molar-refractivity contribution >= 4 is 5.97 Å². The van der Waals surface area contributed by atoms with E-state index >= 15 is 0 Å². The monoisotopic (exact) mass is 302 g/mol. The fourth-order valence-corrected chi connectivity index (χ4v) is 2.54. The van der Waals surface area contributed by atoms with Gasteiger partial charge in [0.2, 0.25) is 0 Å². The first-order chi connectivity index (χ1) is 10.2. The van der Waals surface area contributed by atoms with Crippen LogP contribution in [0.1, 0.15) is 44.0 Å². The Bertz CT molecular complexity index is 748. The molecule has 5 heteroatoms. The van der Waals surface area contributed by atoms with Crippen molar-refractivity contribution in [2.75, 3.05) is 0 Å². The van der Waals surface area contributed by atoms with Crippen LogP contribution < -0.4 is 5.56 Å². The number of nitrogens with zero attached hydrogens (tertiary/aromatic N) is 1. The predicted octanol–water partition coefficient (Wildman–Crippen LogP) is 2.79. The molecular weight excluding hydrogens is 280 g/mol. The number of rotatable bonds is 4. The summed E-state index contributed by atoms with van der Waals surface area (Å²) in [4.78, 5) is 23.6. The zero-order chi connectivity index (χ0) is 16.5. The van der Waals surface area contributed by atoms with E-state index in [2.05, 4.69) is 5.10 Å². The molecule has 0 aliphatic rings. The molecule has 118 valence electrons. The molecule has 0 spiro atoms. The second-order valence-corrected chi connectivity index (χ2v) is 6.54. The number of aromatic amines is 1. The quantitative estimate of drug-likeness (QED) is 0.912. The largest absolute Gasteiger partial charge is 0.481 e. The van der Waals surface area contributed by atoms with Crippen LogP contribution >= 0.6 is 0 Å². The van der Waals surface area contributed by atoms with Crippen LogP contribution in [0.25, 0.3) is 5.69 Å². The Balaban J connectivity index is 2.61. The van der Waals surface area contributed by atoms with Crippen molar-refractivity contribution in [3.05, 3.63) is 51.4 Å². The molecule has 0 aliphatic carbocycles. The lowest BCUT2D eigenvalue weighted by molar-refractivity contribution is -0.136. The van der Waals surface area contributed by atoms with E-state index in [9.17, 15) is 9.59 Å². The Hall–Kier alpha value is -2.30. The Labute approximate surface area is 129 Å². The van der Waals surface area contributed by atoms with Crippen LogP contribution in [0.5, 0.6) is 0 Å². The van der Waals surface area contributed by atoms with Crippen LogP contribution in [0.15, 0.2) is 29.1 Å². The summed E-state index contributed by atoms with van der Waals surface area (Å²) < 4.78 is 1.52. The Morgan fingerprint density at radius 3 is 2.45 bits per heavy atom. The van der Waals surface area contributed by atoms with Crippen LogP contribution in [-0.4, -0.2) is 20.9 Å². The number of carboxylic acid groups (broad SMARTS) is 1. The lowest BCUT2D eigenvalue weighted by Gasteiger charge is -2.18. The third-order valence-corrected chi connectivity index (χ3v) is 3.68. The highest BCUT2D eigenvalue weighted by atomic mass is 16.4. The number of hydrogen-bond donors (Lipinski definition) is 2. The minimum atomic E-state index is -0.900. The van der Waals surface area contributed by atoms with E-state index in [1.807, 2.05) is 52.0 Å². The van der Waals surface area contributed by atoms with Crippen LogP contribution in [0, 0.1) is 6.92 Å². The summed E-state index contributed by atoms with van der Waals surface area (Å²) in [7, 11) is 0. The third-order valence-electron chi connectivity index (χ3n) is 3.68. The summed E-state index contributed by atoms with van der Waals surface area (Å²) >= 11 is 0. The minimum Gasteiger partial charge on any atom is -0.481 e. The molecule has 2 N–H and O–H groups in total. The van der Waals surface area contributed by atoms with Gasteiger partial charge in [0, 0.05) is 23.1 Å². The van der Waals surface area contributed by atoms with Crippen molar-refractivity contribution in [2.45, 2.75) is 46.0 Å². The van der Waals surface area contributed by atoms with Gasteiger partial charge in [-0.15, -0.1) is 0 Å². The molecule has 0 unspecified atom stereocenters. The average molecular weight is 302 g/mol. The number of carboxylic acids is 1. The first-order valence-corrected chi connectivity index (χ1v) is 7.34. The SMILES string of the molecule is Cc1ccccc1-n1[nH]c(C(C)(C)C)c(CCC(=O)O)c1=O. The lowest BCUT2D eigenvalue weighted by Crippen LogP contribution is -2.19. The molecule has 1 heterocycles. The van der Waals surface area contributed by atoms with Gasteiger partial charge in [0.05, 0.1) is 5.69 Å². The summed E-state index contributed by atoms with van der Waals surface area (Å²) in [6, 6.07) is 7.61. The van der Waals surface area contributed by atoms with Gasteiger partial charge in [0.15, 0.2) is 0 Å². The Kier molecular flexibility index (Phi) is 4.26. The standard InChI is InChI=1S/C17H22N2O3/c1-11-7-5-6-8-13(11)19-16(22)12(9-10-14(20)21)15(18-19)17(2,3)4/h5-8,18H,9-10H2,1-4H3,(H,20,21). The number of benzene rings is 1. The smallest absolute Gasteiger partial charge is 0.303 e. The highest BCUT2D eigenvalue weighted by Crippen LogP contribution is 2.24. The van der Waals surface area contributed by atoms with Crippen molar-refractivity contribution in [2.24, 2.45) is 0 Å². The predicted molar refractivity (Wildman–Crippen MR) is 85.8 cm³/mol. The number of aliphatic carboxylic acids is 1. The molecule has 0 saturated carbocycles. The van der Waals surface area contributed by atoms with Gasteiger partial charge in [-0.05, 0) is 25.0 Å². The van der Waals surface area contributed by atoms with Crippen molar-refractivity contribution in [3.63, 3.8) is 0 Å². The van der Waals surface area contributed by atoms with E-state index in [1.165, 1.54) is 4.68 Å². The maximum Gasteiger partial charge on any atom is 0.303 e. The molecule has 2 rings (SSSR count). The van der Waals surface area contributed by atoms with Gasteiger partial charge in [-0.2, -0.15) is 0 Å².